The summed E-state index contributed by atoms with van der Waals surface area (Å²) in [5.41, 5.74) is 3.53. The number of aromatic nitrogens is 2. The number of aryl methyl sites for hydroxylation is 1. The zero-order valence-corrected chi connectivity index (χ0v) is 17.3. The van der Waals surface area contributed by atoms with E-state index in [-0.39, 0.29) is 17.7 Å². The second kappa shape index (κ2) is 8.92. The lowest BCUT2D eigenvalue weighted by Crippen LogP contribution is -2.22. The molecule has 6 nitrogen and oxygen atoms in total. The van der Waals surface area contributed by atoms with E-state index in [1.807, 2.05) is 45.0 Å². The van der Waals surface area contributed by atoms with Crippen LogP contribution in [0.3, 0.4) is 0 Å². The summed E-state index contributed by atoms with van der Waals surface area (Å²) in [5, 5.41) is 10.8. The van der Waals surface area contributed by atoms with Gasteiger partial charge in [-0.25, -0.2) is 4.68 Å². The first kappa shape index (κ1) is 20.6. The summed E-state index contributed by atoms with van der Waals surface area (Å²) in [4.78, 5) is 24.5. The molecule has 0 radical (unpaired) electrons. The number of benzene rings is 2. The monoisotopic (exact) mass is 410 g/mol. The quantitative estimate of drug-likeness (QED) is 0.634. The number of halogens is 1. The van der Waals surface area contributed by atoms with Crippen LogP contribution in [0.1, 0.15) is 35.5 Å². The van der Waals surface area contributed by atoms with Gasteiger partial charge >= 0.3 is 0 Å². The highest BCUT2D eigenvalue weighted by Gasteiger charge is 2.13. The number of amides is 2. The Labute approximate surface area is 174 Å². The fourth-order valence-electron chi connectivity index (χ4n) is 2.71. The number of anilines is 1. The van der Waals surface area contributed by atoms with Gasteiger partial charge < -0.3 is 10.6 Å². The summed E-state index contributed by atoms with van der Waals surface area (Å²) in [7, 11) is 0. The zero-order chi connectivity index (χ0) is 21.0. The Kier molecular flexibility index (Phi) is 6.34. The van der Waals surface area contributed by atoms with E-state index in [0.29, 0.717) is 28.5 Å². The maximum Gasteiger partial charge on any atom is 0.251 e. The van der Waals surface area contributed by atoms with Crippen LogP contribution in [0.25, 0.3) is 5.69 Å². The number of carbonyl (C=O) groups excluding carboxylic acids is 2. The minimum Gasteiger partial charge on any atom is -0.348 e. The molecule has 0 unspecified atom stereocenters. The van der Waals surface area contributed by atoms with E-state index in [0.717, 1.165) is 11.3 Å². The third-order valence-corrected chi connectivity index (χ3v) is 4.63. The Balaban J connectivity index is 1.74. The molecule has 0 bridgehead atoms. The molecule has 0 saturated carbocycles. The van der Waals surface area contributed by atoms with Gasteiger partial charge in [0.1, 0.15) is 0 Å². The number of hydrogen-bond donors (Lipinski definition) is 2. The van der Waals surface area contributed by atoms with Crippen molar-refractivity contribution in [3.63, 3.8) is 0 Å². The fourth-order valence-corrected chi connectivity index (χ4v) is 2.93. The molecule has 0 aliphatic rings. The first-order chi connectivity index (χ1) is 13.8. The Morgan fingerprint density at radius 1 is 1.14 bits per heavy atom. The van der Waals surface area contributed by atoms with Crippen LogP contribution in [0.15, 0.2) is 54.7 Å². The number of nitrogens with zero attached hydrogens (tertiary/aromatic N) is 2. The highest BCUT2D eigenvalue weighted by atomic mass is 35.5. The van der Waals surface area contributed by atoms with Gasteiger partial charge in [-0.15, -0.1) is 0 Å². The van der Waals surface area contributed by atoms with Gasteiger partial charge in [0.25, 0.3) is 5.91 Å². The third kappa shape index (κ3) is 5.23. The maximum absolute atomic E-state index is 12.5. The third-order valence-electron chi connectivity index (χ3n) is 4.40. The van der Waals surface area contributed by atoms with Crippen molar-refractivity contribution in [2.24, 2.45) is 5.92 Å². The lowest BCUT2D eigenvalue weighted by Gasteiger charge is -2.08. The van der Waals surface area contributed by atoms with Gasteiger partial charge in [0.05, 0.1) is 23.3 Å². The van der Waals surface area contributed by atoms with E-state index in [2.05, 4.69) is 15.7 Å². The first-order valence-electron chi connectivity index (χ1n) is 9.33. The van der Waals surface area contributed by atoms with Crippen LogP contribution in [-0.4, -0.2) is 21.6 Å². The summed E-state index contributed by atoms with van der Waals surface area (Å²) in [6.45, 7) is 5.88. The average Bonchev–Trinajstić information content (AvgIpc) is 3.06. The van der Waals surface area contributed by atoms with Crippen molar-refractivity contribution in [2.75, 3.05) is 5.32 Å². The summed E-state index contributed by atoms with van der Waals surface area (Å²) >= 11 is 5.98. The molecule has 2 aromatic carbocycles. The minimum absolute atomic E-state index is 0.0678. The molecule has 150 valence electrons. The zero-order valence-electron chi connectivity index (χ0n) is 16.6. The van der Waals surface area contributed by atoms with Crippen LogP contribution in [0.2, 0.25) is 5.02 Å². The lowest BCUT2D eigenvalue weighted by atomic mass is 10.1. The van der Waals surface area contributed by atoms with Crippen LogP contribution < -0.4 is 10.6 Å². The molecule has 0 aliphatic carbocycles. The largest absolute Gasteiger partial charge is 0.348 e. The van der Waals surface area contributed by atoms with Crippen LogP contribution in [-0.2, 0) is 11.3 Å². The van der Waals surface area contributed by atoms with E-state index in [1.165, 1.54) is 0 Å². The lowest BCUT2D eigenvalue weighted by molar-refractivity contribution is -0.118. The van der Waals surface area contributed by atoms with Crippen LogP contribution in [0.5, 0.6) is 0 Å². The Hall–Kier alpha value is -3.12. The molecule has 1 heterocycles. The van der Waals surface area contributed by atoms with E-state index in [4.69, 9.17) is 11.6 Å². The first-order valence-corrected chi connectivity index (χ1v) is 9.71. The molecule has 0 aliphatic heterocycles. The molecule has 7 heteroatoms. The van der Waals surface area contributed by atoms with Crippen LogP contribution >= 0.6 is 11.6 Å². The summed E-state index contributed by atoms with van der Waals surface area (Å²) < 4.78 is 1.65. The molecule has 0 spiro atoms. The van der Waals surface area contributed by atoms with Gasteiger partial charge in [-0.2, -0.15) is 5.10 Å². The molecule has 0 saturated heterocycles. The molecule has 3 aromatic rings. The highest BCUT2D eigenvalue weighted by Crippen LogP contribution is 2.18. The van der Waals surface area contributed by atoms with Crippen molar-refractivity contribution in [3.8, 4) is 5.69 Å². The number of hydrogen-bond acceptors (Lipinski definition) is 3. The van der Waals surface area contributed by atoms with Crippen molar-refractivity contribution in [2.45, 2.75) is 27.3 Å². The Morgan fingerprint density at radius 3 is 2.62 bits per heavy atom. The van der Waals surface area contributed by atoms with Crippen LogP contribution in [0, 0.1) is 12.8 Å². The normalized spacial score (nSPS) is 10.8. The summed E-state index contributed by atoms with van der Waals surface area (Å²) in [5.74, 6) is -0.380. The number of rotatable bonds is 6. The van der Waals surface area contributed by atoms with Gasteiger partial charge in [-0.1, -0.05) is 43.6 Å². The Morgan fingerprint density at radius 2 is 1.90 bits per heavy atom. The molecule has 2 N–H and O–H groups in total. The predicted molar refractivity (Wildman–Crippen MR) is 114 cm³/mol. The fraction of sp³-hybridized carbons (Fsp3) is 0.227. The smallest absolute Gasteiger partial charge is 0.251 e. The molecular weight excluding hydrogens is 388 g/mol. The molecule has 0 atom stereocenters. The molecule has 2 amide bonds. The molecule has 0 fully saturated rings. The number of carbonyl (C=O) groups is 2. The standard InChI is InChI=1S/C22H23ClN4O2/c1-14(2)21(28)25-20-13-27(26-15(20)3)19-9-5-7-17(11-19)22(29)24-12-16-6-4-8-18(23)10-16/h4-11,13-14H,12H2,1-3H3,(H,24,29)(H,25,28). The van der Waals surface area contributed by atoms with Crippen LogP contribution in [0.4, 0.5) is 5.69 Å². The van der Waals surface area contributed by atoms with Gasteiger partial charge in [-0.3, -0.25) is 9.59 Å². The highest BCUT2D eigenvalue weighted by molar-refractivity contribution is 6.30. The maximum atomic E-state index is 12.5. The summed E-state index contributed by atoms with van der Waals surface area (Å²) in [6, 6.07) is 14.5. The molecule has 1 aromatic heterocycles. The van der Waals surface area contributed by atoms with E-state index >= 15 is 0 Å². The van der Waals surface area contributed by atoms with Crippen molar-refractivity contribution < 1.29 is 9.59 Å². The number of nitrogens with one attached hydrogen (secondary N) is 2. The van der Waals surface area contributed by atoms with Crippen molar-refractivity contribution in [3.05, 3.63) is 76.6 Å². The Bertz CT molecular complexity index is 1040. The SMILES string of the molecule is Cc1nn(-c2cccc(C(=O)NCc3cccc(Cl)c3)c2)cc1NC(=O)C(C)C. The topological polar surface area (TPSA) is 76.0 Å². The van der Waals surface area contributed by atoms with E-state index < -0.39 is 0 Å². The van der Waals surface area contributed by atoms with Crippen molar-refractivity contribution in [1.29, 1.82) is 0 Å². The second-order valence-corrected chi connectivity index (χ2v) is 7.52. The van der Waals surface area contributed by atoms with Gasteiger partial charge in [0.2, 0.25) is 5.91 Å². The van der Waals surface area contributed by atoms with Gasteiger partial charge in [-0.05, 0) is 42.8 Å². The summed E-state index contributed by atoms with van der Waals surface area (Å²) in [6.07, 6.45) is 1.75. The van der Waals surface area contributed by atoms with Crippen molar-refractivity contribution >= 4 is 29.1 Å². The average molecular weight is 411 g/mol. The van der Waals surface area contributed by atoms with E-state index in [9.17, 15) is 9.59 Å². The minimum atomic E-state index is -0.191. The van der Waals surface area contributed by atoms with Gasteiger partial charge in [0, 0.05) is 23.0 Å². The second-order valence-electron chi connectivity index (χ2n) is 7.08. The van der Waals surface area contributed by atoms with Gasteiger partial charge in [0.15, 0.2) is 0 Å². The molecule has 3 rings (SSSR count). The van der Waals surface area contributed by atoms with Crippen molar-refractivity contribution in [1.82, 2.24) is 15.1 Å². The molecular formula is C22H23ClN4O2. The predicted octanol–water partition coefficient (Wildman–Crippen LogP) is 4.36. The van der Waals surface area contributed by atoms with E-state index in [1.54, 1.807) is 35.1 Å². The molecule has 29 heavy (non-hydrogen) atoms.